The van der Waals surface area contributed by atoms with Crippen molar-refractivity contribution in [3.63, 3.8) is 0 Å². The minimum absolute atomic E-state index is 0. The quantitative estimate of drug-likeness (QED) is 0.732. The van der Waals surface area contributed by atoms with E-state index in [1.165, 1.54) is 0 Å². The molecule has 0 bridgehead atoms. The van der Waals surface area contributed by atoms with Crippen molar-refractivity contribution in [3.05, 3.63) is 18.0 Å². The zero-order valence-corrected chi connectivity index (χ0v) is 17.5. The van der Waals surface area contributed by atoms with E-state index in [0.29, 0.717) is 25.4 Å². The van der Waals surface area contributed by atoms with Crippen molar-refractivity contribution in [2.75, 3.05) is 26.2 Å². The first-order valence-corrected chi connectivity index (χ1v) is 9.40. The second-order valence-electron chi connectivity index (χ2n) is 7.27. The number of amides is 2. The van der Waals surface area contributed by atoms with Crippen LogP contribution in [-0.2, 0) is 16.1 Å². The number of likely N-dealkylation sites (tertiary alicyclic amines) is 1. The lowest BCUT2D eigenvalue weighted by Gasteiger charge is -2.33. The van der Waals surface area contributed by atoms with Gasteiger partial charge in [0.15, 0.2) is 0 Å². The van der Waals surface area contributed by atoms with Gasteiger partial charge in [0.25, 0.3) is 0 Å². The van der Waals surface area contributed by atoms with Gasteiger partial charge in [-0.25, -0.2) is 0 Å². The summed E-state index contributed by atoms with van der Waals surface area (Å²) in [6.07, 6.45) is 8.32. The van der Waals surface area contributed by atoms with Crippen LogP contribution in [0.1, 0.15) is 37.7 Å². The fraction of sp³-hybridized carbons (Fsp3) is 0.722. The molecule has 2 fully saturated rings. The zero-order valence-electron chi connectivity index (χ0n) is 15.9. The van der Waals surface area contributed by atoms with E-state index in [1.54, 1.807) is 0 Å². The van der Waals surface area contributed by atoms with E-state index >= 15 is 0 Å². The van der Waals surface area contributed by atoms with E-state index in [9.17, 15) is 9.59 Å². The first-order valence-electron chi connectivity index (χ1n) is 9.40. The Morgan fingerprint density at radius 1 is 1.30 bits per heavy atom. The monoisotopic (exact) mass is 419 g/mol. The average molecular weight is 420 g/mol. The Hall–Kier alpha value is -1.31. The van der Waals surface area contributed by atoms with Crippen LogP contribution in [0.4, 0.5) is 0 Å². The molecule has 2 atom stereocenters. The molecule has 0 aliphatic carbocycles. The normalized spacial score (nSPS) is 21.9. The smallest absolute Gasteiger partial charge is 0.237 e. The van der Waals surface area contributed by atoms with Gasteiger partial charge in [-0.1, -0.05) is 0 Å². The molecular weight excluding hydrogens is 389 g/mol. The second-order valence-corrected chi connectivity index (χ2v) is 7.27. The van der Waals surface area contributed by atoms with Crippen LogP contribution < -0.4 is 10.6 Å². The van der Waals surface area contributed by atoms with Gasteiger partial charge in [-0.2, -0.15) is 5.10 Å². The highest BCUT2D eigenvalue weighted by molar-refractivity contribution is 5.85. The van der Waals surface area contributed by atoms with E-state index < -0.39 is 0 Å². The summed E-state index contributed by atoms with van der Waals surface area (Å²) in [6, 6.07) is -0.0288. The van der Waals surface area contributed by atoms with E-state index in [4.69, 9.17) is 0 Å². The summed E-state index contributed by atoms with van der Waals surface area (Å²) in [7, 11) is 0. The summed E-state index contributed by atoms with van der Waals surface area (Å²) in [4.78, 5) is 26.5. The van der Waals surface area contributed by atoms with Gasteiger partial charge < -0.3 is 15.5 Å². The standard InChI is InChI=1S/C18H29N5O2.2ClH/c1-14-10-21-23(12-14)9-6-17(24)22-8-3-4-15(13-22)11-20-18(25)16-5-2-7-19-16;;/h10,12,15-16,19H,2-9,11,13H2,1H3,(H,20,25);2*1H. The molecule has 2 N–H and O–H groups in total. The third-order valence-corrected chi connectivity index (χ3v) is 5.13. The molecule has 7 nitrogen and oxygen atoms in total. The number of aromatic nitrogens is 2. The maximum atomic E-state index is 12.5. The highest BCUT2D eigenvalue weighted by Gasteiger charge is 2.26. The van der Waals surface area contributed by atoms with Crippen LogP contribution in [-0.4, -0.2) is 58.7 Å². The number of nitrogens with one attached hydrogen (secondary N) is 2. The molecule has 27 heavy (non-hydrogen) atoms. The van der Waals surface area contributed by atoms with Crippen LogP contribution in [0.3, 0.4) is 0 Å². The van der Waals surface area contributed by atoms with Crippen LogP contribution in [0.5, 0.6) is 0 Å². The minimum atomic E-state index is -0.0288. The van der Waals surface area contributed by atoms with Gasteiger partial charge >= 0.3 is 0 Å². The molecule has 2 saturated heterocycles. The highest BCUT2D eigenvalue weighted by Crippen LogP contribution is 2.17. The predicted octanol–water partition coefficient (Wildman–Crippen LogP) is 1.53. The van der Waals surface area contributed by atoms with Crippen molar-refractivity contribution in [3.8, 4) is 0 Å². The first-order chi connectivity index (χ1) is 12.1. The van der Waals surface area contributed by atoms with Crippen molar-refractivity contribution in [1.29, 1.82) is 0 Å². The first kappa shape index (κ1) is 23.7. The van der Waals surface area contributed by atoms with Crippen molar-refractivity contribution in [1.82, 2.24) is 25.3 Å². The van der Waals surface area contributed by atoms with Crippen LogP contribution >= 0.6 is 24.8 Å². The van der Waals surface area contributed by atoms with Crippen molar-refractivity contribution in [2.24, 2.45) is 5.92 Å². The van der Waals surface area contributed by atoms with E-state index in [2.05, 4.69) is 15.7 Å². The van der Waals surface area contributed by atoms with Crippen molar-refractivity contribution in [2.45, 2.75) is 51.6 Å². The number of hydrogen-bond acceptors (Lipinski definition) is 4. The Kier molecular flexibility index (Phi) is 10.1. The largest absolute Gasteiger partial charge is 0.354 e. The number of aryl methyl sites for hydroxylation is 2. The highest BCUT2D eigenvalue weighted by atomic mass is 35.5. The number of hydrogen-bond donors (Lipinski definition) is 2. The summed E-state index contributed by atoms with van der Waals surface area (Å²) < 4.78 is 1.82. The van der Waals surface area contributed by atoms with Crippen LogP contribution in [0, 0.1) is 12.8 Å². The molecule has 2 aliphatic rings. The summed E-state index contributed by atoms with van der Waals surface area (Å²) in [5.41, 5.74) is 1.11. The topological polar surface area (TPSA) is 79.3 Å². The van der Waals surface area contributed by atoms with Gasteiger partial charge in [-0.05, 0) is 50.6 Å². The third kappa shape index (κ3) is 6.97. The Balaban J connectivity index is 0.00000182. The Morgan fingerprint density at radius 2 is 2.11 bits per heavy atom. The van der Waals surface area contributed by atoms with Gasteiger partial charge in [-0.15, -0.1) is 24.8 Å². The van der Waals surface area contributed by atoms with E-state index in [1.807, 2.05) is 28.9 Å². The molecule has 3 rings (SSSR count). The molecule has 9 heteroatoms. The van der Waals surface area contributed by atoms with Crippen LogP contribution in [0.15, 0.2) is 12.4 Å². The van der Waals surface area contributed by atoms with Gasteiger partial charge in [0, 0.05) is 38.8 Å². The van der Waals surface area contributed by atoms with Gasteiger partial charge in [0.2, 0.25) is 11.8 Å². The van der Waals surface area contributed by atoms with Gasteiger partial charge in [0.1, 0.15) is 0 Å². The molecule has 0 radical (unpaired) electrons. The fourth-order valence-electron chi connectivity index (χ4n) is 3.69. The fourth-order valence-corrected chi connectivity index (χ4v) is 3.69. The molecule has 154 valence electrons. The number of carbonyl (C=O) groups excluding carboxylic acids is 2. The maximum absolute atomic E-state index is 12.5. The number of halogens is 2. The Morgan fingerprint density at radius 3 is 2.78 bits per heavy atom. The molecule has 1 aromatic rings. The predicted molar refractivity (Wildman–Crippen MR) is 109 cm³/mol. The number of piperidine rings is 1. The summed E-state index contributed by atoms with van der Waals surface area (Å²) in [5, 5.41) is 10.5. The SMILES string of the molecule is Cc1cnn(CCC(=O)N2CCCC(CNC(=O)C3CCCN3)C2)c1.Cl.Cl. The Bertz CT molecular complexity index is 604. The maximum Gasteiger partial charge on any atom is 0.237 e. The summed E-state index contributed by atoms with van der Waals surface area (Å²) >= 11 is 0. The van der Waals surface area contributed by atoms with Gasteiger partial charge in [-0.3, -0.25) is 14.3 Å². The van der Waals surface area contributed by atoms with Crippen LogP contribution in [0.2, 0.25) is 0 Å². The number of nitrogens with zero attached hydrogens (tertiary/aromatic N) is 3. The lowest BCUT2D eigenvalue weighted by Crippen LogP contribution is -2.46. The summed E-state index contributed by atoms with van der Waals surface area (Å²) in [5.74, 6) is 0.645. The zero-order chi connectivity index (χ0) is 17.6. The molecule has 2 amide bonds. The molecule has 0 aromatic carbocycles. The molecule has 0 saturated carbocycles. The molecule has 0 spiro atoms. The Labute approximate surface area is 173 Å². The second kappa shape index (κ2) is 11.5. The average Bonchev–Trinajstić information content (AvgIpc) is 3.29. The molecule has 2 aliphatic heterocycles. The molecule has 1 aromatic heterocycles. The van der Waals surface area contributed by atoms with Gasteiger partial charge in [0.05, 0.1) is 12.2 Å². The van der Waals surface area contributed by atoms with E-state index in [0.717, 1.165) is 50.9 Å². The molecule has 2 unspecified atom stereocenters. The number of rotatable bonds is 6. The third-order valence-electron chi connectivity index (χ3n) is 5.13. The lowest BCUT2D eigenvalue weighted by atomic mass is 9.97. The molecule has 3 heterocycles. The van der Waals surface area contributed by atoms with Crippen molar-refractivity contribution < 1.29 is 9.59 Å². The van der Waals surface area contributed by atoms with E-state index in [-0.39, 0.29) is 42.7 Å². The molecular formula is C18H31Cl2N5O2. The minimum Gasteiger partial charge on any atom is -0.354 e. The number of carbonyl (C=O) groups is 2. The van der Waals surface area contributed by atoms with Crippen LogP contribution in [0.25, 0.3) is 0 Å². The lowest BCUT2D eigenvalue weighted by molar-refractivity contribution is -0.133. The van der Waals surface area contributed by atoms with Crippen molar-refractivity contribution >= 4 is 36.6 Å². The summed E-state index contributed by atoms with van der Waals surface area (Å²) in [6.45, 7) is 5.79.